The number of rotatable bonds is 0. The van der Waals surface area contributed by atoms with E-state index in [-0.39, 0.29) is 0 Å². The van der Waals surface area contributed by atoms with Gasteiger partial charge in [0.15, 0.2) is 0 Å². The molecule has 12 heavy (non-hydrogen) atoms. The molecule has 3 N–H and O–H groups in total. The van der Waals surface area contributed by atoms with Crippen molar-refractivity contribution in [2.75, 3.05) is 5.32 Å². The molecule has 2 rings (SSSR count). The van der Waals surface area contributed by atoms with Crippen molar-refractivity contribution in [3.05, 3.63) is 23.7 Å². The van der Waals surface area contributed by atoms with Gasteiger partial charge < -0.3 is 11.1 Å². The van der Waals surface area contributed by atoms with Crippen LogP contribution in [0.5, 0.6) is 0 Å². The van der Waals surface area contributed by atoms with Crippen molar-refractivity contribution in [1.29, 1.82) is 5.26 Å². The summed E-state index contributed by atoms with van der Waals surface area (Å²) < 4.78 is 1.66. The Bertz CT molecular complexity index is 381. The van der Waals surface area contributed by atoms with Gasteiger partial charge >= 0.3 is 0 Å². The summed E-state index contributed by atoms with van der Waals surface area (Å²) in [6.45, 7) is 0.546. The summed E-state index contributed by atoms with van der Waals surface area (Å²) in [5, 5.41) is 15.5. The summed E-state index contributed by atoms with van der Waals surface area (Å²) in [4.78, 5) is 0. The molecule has 0 fully saturated rings. The number of nitrogens with one attached hydrogen (secondary N) is 1. The fourth-order valence-corrected chi connectivity index (χ4v) is 1.12. The number of nitrogens with zero attached hydrogens (tertiary/aromatic N) is 3. The van der Waals surface area contributed by atoms with Gasteiger partial charge in [-0.05, 0) is 0 Å². The molecule has 1 aliphatic rings. The van der Waals surface area contributed by atoms with Crippen LogP contribution in [0, 0.1) is 11.3 Å². The van der Waals surface area contributed by atoms with E-state index in [4.69, 9.17) is 11.0 Å². The van der Waals surface area contributed by atoms with Crippen LogP contribution in [0.15, 0.2) is 18.1 Å². The highest BCUT2D eigenvalue weighted by Gasteiger charge is 2.13. The van der Waals surface area contributed by atoms with Gasteiger partial charge in [0.05, 0.1) is 12.7 Å². The van der Waals surface area contributed by atoms with Crippen LogP contribution in [0.3, 0.4) is 0 Å². The van der Waals surface area contributed by atoms with Crippen molar-refractivity contribution in [2.45, 2.75) is 6.54 Å². The minimum absolute atomic E-state index is 0.541. The summed E-state index contributed by atoms with van der Waals surface area (Å²) in [6.07, 6.45) is 3.20. The zero-order valence-electron chi connectivity index (χ0n) is 6.28. The zero-order valence-corrected chi connectivity index (χ0v) is 6.28. The Kier molecular flexibility index (Phi) is 1.27. The van der Waals surface area contributed by atoms with Gasteiger partial charge in [-0.25, -0.2) is 4.68 Å². The number of hydrogen-bond acceptors (Lipinski definition) is 4. The van der Waals surface area contributed by atoms with Crippen molar-refractivity contribution in [3.63, 3.8) is 0 Å². The maximum absolute atomic E-state index is 8.65. The van der Waals surface area contributed by atoms with Crippen molar-refractivity contribution in [2.24, 2.45) is 5.73 Å². The van der Waals surface area contributed by atoms with E-state index in [1.54, 1.807) is 10.9 Å². The lowest BCUT2D eigenvalue weighted by Gasteiger charge is -2.13. The molecule has 60 valence electrons. The van der Waals surface area contributed by atoms with Crippen molar-refractivity contribution >= 4 is 5.82 Å². The van der Waals surface area contributed by atoms with E-state index >= 15 is 0 Å². The SMILES string of the molecule is N#Cc1cnn2c1NC=C(N)C2. The monoisotopic (exact) mass is 161 g/mol. The van der Waals surface area contributed by atoms with E-state index in [1.165, 1.54) is 6.20 Å². The Hall–Kier alpha value is -1.96. The third-order valence-corrected chi connectivity index (χ3v) is 1.69. The third kappa shape index (κ3) is 0.820. The smallest absolute Gasteiger partial charge is 0.146 e. The highest BCUT2D eigenvalue weighted by atomic mass is 15.3. The molecule has 0 saturated heterocycles. The summed E-state index contributed by atoms with van der Waals surface area (Å²) in [5.41, 5.74) is 6.80. The lowest BCUT2D eigenvalue weighted by atomic mass is 10.3. The number of hydrogen-bond donors (Lipinski definition) is 2. The Morgan fingerprint density at radius 3 is 3.33 bits per heavy atom. The van der Waals surface area contributed by atoms with Gasteiger partial charge in [-0.1, -0.05) is 0 Å². The molecule has 0 unspecified atom stereocenters. The first kappa shape index (κ1) is 6.73. The van der Waals surface area contributed by atoms with Gasteiger partial charge in [0.1, 0.15) is 17.5 Å². The predicted molar refractivity (Wildman–Crippen MR) is 42.8 cm³/mol. The van der Waals surface area contributed by atoms with Crippen LogP contribution >= 0.6 is 0 Å². The van der Waals surface area contributed by atoms with E-state index in [2.05, 4.69) is 10.4 Å². The van der Waals surface area contributed by atoms with E-state index in [0.29, 0.717) is 23.6 Å². The molecule has 0 aromatic carbocycles. The second-order valence-electron chi connectivity index (χ2n) is 2.54. The fourth-order valence-electron chi connectivity index (χ4n) is 1.12. The molecule has 5 heteroatoms. The molecule has 0 atom stereocenters. The van der Waals surface area contributed by atoms with Crippen LogP contribution < -0.4 is 11.1 Å². The summed E-state index contributed by atoms with van der Waals surface area (Å²) >= 11 is 0. The summed E-state index contributed by atoms with van der Waals surface area (Å²) in [7, 11) is 0. The average Bonchev–Trinajstić information content (AvgIpc) is 2.46. The quantitative estimate of drug-likeness (QED) is 0.560. The highest BCUT2D eigenvalue weighted by Crippen LogP contribution is 2.17. The van der Waals surface area contributed by atoms with E-state index in [9.17, 15) is 0 Å². The molecule has 5 nitrogen and oxygen atoms in total. The number of aromatic nitrogens is 2. The van der Waals surface area contributed by atoms with Crippen LogP contribution in [0.1, 0.15) is 5.56 Å². The van der Waals surface area contributed by atoms with Crippen molar-refractivity contribution < 1.29 is 0 Å². The van der Waals surface area contributed by atoms with Gasteiger partial charge in [-0.2, -0.15) is 10.4 Å². The molecule has 0 aliphatic carbocycles. The molecule has 1 aliphatic heterocycles. The molecular weight excluding hydrogens is 154 g/mol. The molecule has 0 radical (unpaired) electrons. The van der Waals surface area contributed by atoms with E-state index in [0.717, 1.165) is 0 Å². The Morgan fingerprint density at radius 1 is 1.75 bits per heavy atom. The van der Waals surface area contributed by atoms with Gasteiger partial charge in [-0.15, -0.1) is 0 Å². The first-order valence-corrected chi connectivity index (χ1v) is 3.48. The first-order valence-electron chi connectivity index (χ1n) is 3.48. The number of nitriles is 1. The van der Waals surface area contributed by atoms with E-state index < -0.39 is 0 Å². The van der Waals surface area contributed by atoms with Crippen LogP contribution in [-0.4, -0.2) is 9.78 Å². The second-order valence-corrected chi connectivity index (χ2v) is 2.54. The number of fused-ring (bicyclic) bond motifs is 1. The second kappa shape index (κ2) is 2.27. The standard InChI is InChI=1S/C7H7N5/c8-1-5-2-11-12-4-6(9)3-10-7(5)12/h2-3,10H,4,9H2. The van der Waals surface area contributed by atoms with Gasteiger partial charge in [0.25, 0.3) is 0 Å². The normalized spacial score (nSPS) is 14.1. The topological polar surface area (TPSA) is 79.7 Å². The van der Waals surface area contributed by atoms with Crippen LogP contribution in [0.4, 0.5) is 5.82 Å². The van der Waals surface area contributed by atoms with Crippen molar-refractivity contribution in [3.8, 4) is 6.07 Å². The number of allylic oxidation sites excluding steroid dienone is 1. The van der Waals surface area contributed by atoms with Gasteiger partial charge in [-0.3, -0.25) is 0 Å². The molecule has 2 heterocycles. The summed E-state index contributed by atoms with van der Waals surface area (Å²) in [5.74, 6) is 0.715. The van der Waals surface area contributed by atoms with Crippen LogP contribution in [-0.2, 0) is 6.54 Å². The molecule has 0 amide bonds. The molecular formula is C7H7N5. The Balaban J connectivity index is 2.46. The number of nitrogens with two attached hydrogens (primary N) is 1. The lowest BCUT2D eigenvalue weighted by molar-refractivity contribution is 0.668. The van der Waals surface area contributed by atoms with Crippen LogP contribution in [0.25, 0.3) is 0 Å². The molecule has 0 bridgehead atoms. The molecule has 1 aromatic heterocycles. The number of anilines is 1. The van der Waals surface area contributed by atoms with Gasteiger partial charge in [0, 0.05) is 11.9 Å². The Morgan fingerprint density at radius 2 is 2.58 bits per heavy atom. The minimum Gasteiger partial charge on any atom is -0.399 e. The van der Waals surface area contributed by atoms with E-state index in [1.807, 2.05) is 6.07 Å². The fraction of sp³-hybridized carbons (Fsp3) is 0.143. The maximum atomic E-state index is 8.65. The average molecular weight is 161 g/mol. The van der Waals surface area contributed by atoms with Crippen molar-refractivity contribution in [1.82, 2.24) is 9.78 Å². The van der Waals surface area contributed by atoms with Crippen LogP contribution in [0.2, 0.25) is 0 Å². The minimum atomic E-state index is 0.541. The summed E-state index contributed by atoms with van der Waals surface area (Å²) in [6, 6.07) is 2.03. The molecule has 1 aromatic rings. The molecule has 0 saturated carbocycles. The zero-order chi connectivity index (χ0) is 8.55. The largest absolute Gasteiger partial charge is 0.399 e. The molecule has 0 spiro atoms. The predicted octanol–water partition coefficient (Wildman–Crippen LogP) is -0.0196. The van der Waals surface area contributed by atoms with Gasteiger partial charge in [0.2, 0.25) is 0 Å². The highest BCUT2D eigenvalue weighted by molar-refractivity contribution is 5.54. The third-order valence-electron chi connectivity index (χ3n) is 1.69. The first-order chi connectivity index (χ1) is 5.81. The maximum Gasteiger partial charge on any atom is 0.146 e. The Labute approximate surface area is 69.1 Å². The lowest BCUT2D eigenvalue weighted by Crippen LogP contribution is -2.17.